The van der Waals surface area contributed by atoms with Crippen molar-refractivity contribution in [1.29, 1.82) is 0 Å². The molecular weight excluding hydrogens is 269 g/mol. The van der Waals surface area contributed by atoms with Crippen molar-refractivity contribution in [3.63, 3.8) is 0 Å². The molecule has 0 saturated heterocycles. The fourth-order valence-corrected chi connectivity index (χ4v) is 2.55. The van der Waals surface area contributed by atoms with Crippen LogP contribution in [0.3, 0.4) is 0 Å². The molecule has 1 aromatic heterocycles. The number of nitrogens with zero attached hydrogens (tertiary/aromatic N) is 3. The lowest BCUT2D eigenvalue weighted by atomic mass is 9.94. The zero-order chi connectivity index (χ0) is 15.5. The van der Waals surface area contributed by atoms with E-state index in [0.717, 1.165) is 0 Å². The average molecular weight is 291 g/mol. The first-order valence-electron chi connectivity index (χ1n) is 7.44. The standard InChI is InChI=1S/C16H22FN3O/c1-4-14(12-9-7-8-10-13(12)17)20-11-15(18-19-20)16(21,5-2)6-3/h7-11,14,21H,4-6H2,1-3H3/t14-/m0/s1. The molecule has 0 amide bonds. The summed E-state index contributed by atoms with van der Waals surface area (Å²) >= 11 is 0. The summed E-state index contributed by atoms with van der Waals surface area (Å²) in [6, 6.07) is 6.48. The highest BCUT2D eigenvalue weighted by Gasteiger charge is 2.29. The van der Waals surface area contributed by atoms with E-state index >= 15 is 0 Å². The Morgan fingerprint density at radius 3 is 2.48 bits per heavy atom. The first kappa shape index (κ1) is 15.6. The van der Waals surface area contributed by atoms with Gasteiger partial charge in [-0.3, -0.25) is 0 Å². The maximum Gasteiger partial charge on any atom is 0.128 e. The highest BCUT2D eigenvalue weighted by molar-refractivity contribution is 5.22. The lowest BCUT2D eigenvalue weighted by Crippen LogP contribution is -2.24. The largest absolute Gasteiger partial charge is 0.383 e. The molecule has 114 valence electrons. The van der Waals surface area contributed by atoms with Gasteiger partial charge >= 0.3 is 0 Å². The van der Waals surface area contributed by atoms with Crippen LogP contribution < -0.4 is 0 Å². The molecule has 0 aliphatic heterocycles. The van der Waals surface area contributed by atoms with Crippen LogP contribution in [0.4, 0.5) is 4.39 Å². The first-order chi connectivity index (χ1) is 10.1. The summed E-state index contributed by atoms with van der Waals surface area (Å²) in [4.78, 5) is 0. The minimum absolute atomic E-state index is 0.217. The van der Waals surface area contributed by atoms with E-state index in [-0.39, 0.29) is 11.9 Å². The Morgan fingerprint density at radius 1 is 1.24 bits per heavy atom. The van der Waals surface area contributed by atoms with Gasteiger partial charge in [-0.25, -0.2) is 9.07 Å². The van der Waals surface area contributed by atoms with Gasteiger partial charge in [0, 0.05) is 5.56 Å². The van der Waals surface area contributed by atoms with Crippen LogP contribution in [0, 0.1) is 5.82 Å². The normalized spacial score (nSPS) is 13.4. The second-order valence-electron chi connectivity index (χ2n) is 5.27. The third kappa shape index (κ3) is 2.97. The molecule has 0 spiro atoms. The zero-order valence-electron chi connectivity index (χ0n) is 12.8. The van der Waals surface area contributed by atoms with Crippen molar-refractivity contribution < 1.29 is 9.50 Å². The third-order valence-electron chi connectivity index (χ3n) is 4.13. The SMILES string of the molecule is CC[C@@H](c1ccccc1F)n1cc(C(O)(CC)CC)nn1. The van der Waals surface area contributed by atoms with Gasteiger partial charge in [0.1, 0.15) is 17.1 Å². The van der Waals surface area contributed by atoms with Crippen LogP contribution in [-0.4, -0.2) is 20.1 Å². The lowest BCUT2D eigenvalue weighted by Gasteiger charge is -2.22. The molecule has 2 aromatic rings. The monoisotopic (exact) mass is 291 g/mol. The number of rotatable bonds is 6. The highest BCUT2D eigenvalue weighted by Crippen LogP contribution is 2.29. The molecule has 0 saturated carbocycles. The molecule has 0 unspecified atom stereocenters. The summed E-state index contributed by atoms with van der Waals surface area (Å²) in [7, 11) is 0. The van der Waals surface area contributed by atoms with Crippen LogP contribution in [0.1, 0.15) is 57.3 Å². The summed E-state index contributed by atoms with van der Waals surface area (Å²) in [5.41, 5.74) is 0.168. The van der Waals surface area contributed by atoms with Gasteiger partial charge in [-0.05, 0) is 25.3 Å². The van der Waals surface area contributed by atoms with Gasteiger partial charge in [0.15, 0.2) is 0 Å². The summed E-state index contributed by atoms with van der Waals surface area (Å²) in [6.45, 7) is 5.80. The van der Waals surface area contributed by atoms with Gasteiger partial charge in [0.25, 0.3) is 0 Å². The molecule has 0 aliphatic carbocycles. The molecule has 0 bridgehead atoms. The third-order valence-corrected chi connectivity index (χ3v) is 4.13. The number of benzene rings is 1. The number of halogens is 1. The molecule has 1 aromatic carbocycles. The first-order valence-corrected chi connectivity index (χ1v) is 7.44. The second-order valence-corrected chi connectivity index (χ2v) is 5.27. The van der Waals surface area contributed by atoms with Crippen molar-refractivity contribution in [1.82, 2.24) is 15.0 Å². The van der Waals surface area contributed by atoms with Gasteiger partial charge < -0.3 is 5.11 Å². The van der Waals surface area contributed by atoms with Crippen molar-refractivity contribution in [2.45, 2.75) is 51.7 Å². The van der Waals surface area contributed by atoms with Gasteiger partial charge in [-0.1, -0.05) is 44.2 Å². The van der Waals surface area contributed by atoms with E-state index in [2.05, 4.69) is 10.3 Å². The van der Waals surface area contributed by atoms with E-state index in [9.17, 15) is 9.50 Å². The summed E-state index contributed by atoms with van der Waals surface area (Å²) in [6.07, 6.45) is 3.56. The Balaban J connectivity index is 2.37. The minimum atomic E-state index is -0.966. The van der Waals surface area contributed by atoms with Crippen molar-refractivity contribution in [2.75, 3.05) is 0 Å². The Labute approximate surface area is 124 Å². The Bertz CT molecular complexity index is 593. The molecule has 1 atom stereocenters. The summed E-state index contributed by atoms with van der Waals surface area (Å²) in [5, 5.41) is 18.7. The van der Waals surface area contributed by atoms with E-state index in [1.165, 1.54) is 6.07 Å². The fourth-order valence-electron chi connectivity index (χ4n) is 2.55. The van der Waals surface area contributed by atoms with E-state index in [1.54, 1.807) is 23.0 Å². The van der Waals surface area contributed by atoms with Crippen LogP contribution in [0.15, 0.2) is 30.5 Å². The Hall–Kier alpha value is -1.75. The van der Waals surface area contributed by atoms with Crippen molar-refractivity contribution >= 4 is 0 Å². The van der Waals surface area contributed by atoms with Gasteiger partial charge in [-0.15, -0.1) is 5.10 Å². The van der Waals surface area contributed by atoms with Crippen LogP contribution in [-0.2, 0) is 5.60 Å². The van der Waals surface area contributed by atoms with Crippen LogP contribution in [0.2, 0.25) is 0 Å². The van der Waals surface area contributed by atoms with Crippen molar-refractivity contribution in [3.8, 4) is 0 Å². The lowest BCUT2D eigenvalue weighted by molar-refractivity contribution is 0.0239. The number of aliphatic hydroxyl groups is 1. The van der Waals surface area contributed by atoms with Crippen LogP contribution in [0.5, 0.6) is 0 Å². The van der Waals surface area contributed by atoms with Gasteiger partial charge in [-0.2, -0.15) is 0 Å². The molecule has 1 N–H and O–H groups in total. The summed E-state index contributed by atoms with van der Waals surface area (Å²) in [5.74, 6) is -0.248. The van der Waals surface area contributed by atoms with Gasteiger partial charge in [0.2, 0.25) is 0 Å². The molecule has 0 fully saturated rings. The Morgan fingerprint density at radius 2 is 1.90 bits per heavy atom. The molecule has 1 heterocycles. The van der Waals surface area contributed by atoms with Crippen molar-refractivity contribution in [2.24, 2.45) is 0 Å². The number of hydrogen-bond acceptors (Lipinski definition) is 3. The predicted molar refractivity (Wildman–Crippen MR) is 79.3 cm³/mol. The maximum absolute atomic E-state index is 14.0. The quantitative estimate of drug-likeness (QED) is 0.887. The maximum atomic E-state index is 14.0. The molecule has 2 rings (SSSR count). The predicted octanol–water partition coefficient (Wildman–Crippen LogP) is 3.42. The van der Waals surface area contributed by atoms with E-state index in [1.807, 2.05) is 26.8 Å². The highest BCUT2D eigenvalue weighted by atomic mass is 19.1. The van der Waals surface area contributed by atoms with E-state index in [0.29, 0.717) is 30.5 Å². The smallest absolute Gasteiger partial charge is 0.128 e. The average Bonchev–Trinajstić information content (AvgIpc) is 2.99. The number of hydrogen-bond donors (Lipinski definition) is 1. The zero-order valence-corrected chi connectivity index (χ0v) is 12.8. The van der Waals surface area contributed by atoms with Crippen LogP contribution in [0.25, 0.3) is 0 Å². The van der Waals surface area contributed by atoms with Gasteiger partial charge in [0.05, 0.1) is 12.2 Å². The fraction of sp³-hybridized carbons (Fsp3) is 0.500. The molecule has 0 aliphatic rings. The van der Waals surface area contributed by atoms with E-state index < -0.39 is 5.60 Å². The molecule has 5 heteroatoms. The second kappa shape index (κ2) is 6.35. The topological polar surface area (TPSA) is 50.9 Å². The molecular formula is C16H22FN3O. The van der Waals surface area contributed by atoms with E-state index in [4.69, 9.17) is 0 Å². The van der Waals surface area contributed by atoms with Crippen molar-refractivity contribution in [3.05, 3.63) is 47.5 Å². The minimum Gasteiger partial charge on any atom is -0.383 e. The molecule has 0 radical (unpaired) electrons. The van der Waals surface area contributed by atoms with Crippen LogP contribution >= 0.6 is 0 Å². The number of aromatic nitrogens is 3. The molecule has 4 nitrogen and oxygen atoms in total. The Kier molecular flexibility index (Phi) is 4.73. The molecule has 21 heavy (non-hydrogen) atoms. The summed E-state index contributed by atoms with van der Waals surface area (Å²) < 4.78 is 15.6.